The van der Waals surface area contributed by atoms with E-state index in [1.807, 2.05) is 11.9 Å². The van der Waals surface area contributed by atoms with Gasteiger partial charge < -0.3 is 10.6 Å². The molecule has 0 amide bonds. The standard InChI is InChI=1S/C13H15FN4/c1-18(9-7-15)13-16-8-6-12(17-13)10-4-2-3-5-11(10)14/h2-6,8H,7,9,15H2,1H3. The van der Waals surface area contributed by atoms with Crippen molar-refractivity contribution in [1.82, 2.24) is 9.97 Å². The van der Waals surface area contributed by atoms with E-state index in [0.29, 0.717) is 30.3 Å². The number of anilines is 1. The summed E-state index contributed by atoms with van der Waals surface area (Å²) >= 11 is 0. The lowest BCUT2D eigenvalue weighted by atomic mass is 10.1. The van der Waals surface area contributed by atoms with Gasteiger partial charge in [0.25, 0.3) is 0 Å². The van der Waals surface area contributed by atoms with Crippen molar-refractivity contribution >= 4 is 5.95 Å². The number of likely N-dealkylation sites (N-methyl/N-ethyl adjacent to an activating group) is 1. The van der Waals surface area contributed by atoms with E-state index in [2.05, 4.69) is 9.97 Å². The molecule has 0 radical (unpaired) electrons. The van der Waals surface area contributed by atoms with Gasteiger partial charge in [-0.3, -0.25) is 0 Å². The van der Waals surface area contributed by atoms with Gasteiger partial charge in [-0.05, 0) is 18.2 Å². The zero-order valence-corrected chi connectivity index (χ0v) is 10.2. The molecule has 18 heavy (non-hydrogen) atoms. The summed E-state index contributed by atoms with van der Waals surface area (Å²) in [6, 6.07) is 8.24. The third-order valence-electron chi connectivity index (χ3n) is 2.60. The van der Waals surface area contributed by atoms with Crippen LogP contribution in [-0.2, 0) is 0 Å². The smallest absolute Gasteiger partial charge is 0.225 e. The van der Waals surface area contributed by atoms with Crippen LogP contribution in [0.3, 0.4) is 0 Å². The van der Waals surface area contributed by atoms with E-state index >= 15 is 0 Å². The van der Waals surface area contributed by atoms with E-state index in [1.54, 1.807) is 30.5 Å². The summed E-state index contributed by atoms with van der Waals surface area (Å²) in [6.07, 6.45) is 1.62. The molecule has 0 aliphatic heterocycles. The van der Waals surface area contributed by atoms with Gasteiger partial charge in [-0.2, -0.15) is 0 Å². The van der Waals surface area contributed by atoms with Gasteiger partial charge in [0.1, 0.15) is 5.82 Å². The summed E-state index contributed by atoms with van der Waals surface area (Å²) in [5, 5.41) is 0. The van der Waals surface area contributed by atoms with Crippen molar-refractivity contribution < 1.29 is 4.39 Å². The molecule has 0 saturated heterocycles. The molecule has 94 valence electrons. The molecule has 2 aromatic rings. The number of benzene rings is 1. The lowest BCUT2D eigenvalue weighted by molar-refractivity contribution is 0.630. The van der Waals surface area contributed by atoms with Crippen LogP contribution in [0.15, 0.2) is 36.5 Å². The second-order valence-electron chi connectivity index (χ2n) is 3.93. The highest BCUT2D eigenvalue weighted by molar-refractivity contribution is 5.60. The first-order valence-corrected chi connectivity index (χ1v) is 5.71. The van der Waals surface area contributed by atoms with E-state index < -0.39 is 0 Å². The Hall–Kier alpha value is -2.01. The molecule has 0 atom stereocenters. The minimum absolute atomic E-state index is 0.288. The summed E-state index contributed by atoms with van der Waals surface area (Å²) in [5.74, 6) is 0.254. The maximum atomic E-state index is 13.7. The molecule has 0 aliphatic carbocycles. The van der Waals surface area contributed by atoms with Crippen molar-refractivity contribution in [3.8, 4) is 11.3 Å². The van der Waals surface area contributed by atoms with E-state index in [1.165, 1.54) is 6.07 Å². The first-order valence-electron chi connectivity index (χ1n) is 5.71. The molecule has 1 aromatic heterocycles. The summed E-state index contributed by atoms with van der Waals surface area (Å²) in [6.45, 7) is 1.17. The van der Waals surface area contributed by atoms with Gasteiger partial charge in [0.15, 0.2) is 0 Å². The molecule has 0 aliphatic rings. The van der Waals surface area contributed by atoms with Crippen molar-refractivity contribution in [1.29, 1.82) is 0 Å². The van der Waals surface area contributed by atoms with Gasteiger partial charge in [0.2, 0.25) is 5.95 Å². The largest absolute Gasteiger partial charge is 0.343 e. The van der Waals surface area contributed by atoms with Crippen LogP contribution in [0, 0.1) is 5.82 Å². The van der Waals surface area contributed by atoms with Gasteiger partial charge in [0, 0.05) is 31.9 Å². The zero-order chi connectivity index (χ0) is 13.0. The molecule has 2 rings (SSSR count). The van der Waals surface area contributed by atoms with Gasteiger partial charge in [-0.15, -0.1) is 0 Å². The van der Waals surface area contributed by atoms with Crippen molar-refractivity contribution in [3.63, 3.8) is 0 Å². The minimum Gasteiger partial charge on any atom is -0.343 e. The van der Waals surface area contributed by atoms with Gasteiger partial charge in [0.05, 0.1) is 5.69 Å². The SMILES string of the molecule is CN(CCN)c1nccc(-c2ccccc2F)n1. The van der Waals surface area contributed by atoms with Crippen LogP contribution in [0.2, 0.25) is 0 Å². The fourth-order valence-corrected chi connectivity index (χ4v) is 1.64. The third-order valence-corrected chi connectivity index (χ3v) is 2.60. The van der Waals surface area contributed by atoms with Crippen LogP contribution < -0.4 is 10.6 Å². The van der Waals surface area contributed by atoms with E-state index in [-0.39, 0.29) is 5.82 Å². The number of hydrogen-bond donors (Lipinski definition) is 1. The Morgan fingerprint density at radius 3 is 2.78 bits per heavy atom. The zero-order valence-electron chi connectivity index (χ0n) is 10.2. The minimum atomic E-state index is -0.288. The lowest BCUT2D eigenvalue weighted by Gasteiger charge is -2.16. The molecule has 4 nitrogen and oxygen atoms in total. The average Bonchev–Trinajstić information content (AvgIpc) is 2.40. The molecule has 2 N–H and O–H groups in total. The summed E-state index contributed by atoms with van der Waals surface area (Å²) in [4.78, 5) is 10.3. The first-order chi connectivity index (χ1) is 8.72. The second kappa shape index (κ2) is 5.55. The maximum Gasteiger partial charge on any atom is 0.225 e. The number of nitrogens with zero attached hydrogens (tertiary/aromatic N) is 3. The van der Waals surface area contributed by atoms with Crippen LogP contribution >= 0.6 is 0 Å². The highest BCUT2D eigenvalue weighted by Gasteiger charge is 2.08. The van der Waals surface area contributed by atoms with Gasteiger partial charge in [-0.25, -0.2) is 14.4 Å². The van der Waals surface area contributed by atoms with E-state index in [9.17, 15) is 4.39 Å². The van der Waals surface area contributed by atoms with Crippen LogP contribution in [0.1, 0.15) is 0 Å². The van der Waals surface area contributed by atoms with Crippen LogP contribution in [-0.4, -0.2) is 30.1 Å². The molecule has 5 heteroatoms. The predicted octanol–water partition coefficient (Wildman–Crippen LogP) is 1.68. The Kier molecular flexibility index (Phi) is 3.84. The molecule has 0 bridgehead atoms. The summed E-state index contributed by atoms with van der Waals surface area (Å²) in [7, 11) is 1.85. The Morgan fingerprint density at radius 2 is 2.06 bits per heavy atom. The predicted molar refractivity (Wildman–Crippen MR) is 69.8 cm³/mol. The lowest BCUT2D eigenvalue weighted by Crippen LogP contribution is -2.26. The monoisotopic (exact) mass is 246 g/mol. The summed E-state index contributed by atoms with van der Waals surface area (Å²) in [5.41, 5.74) is 6.53. The molecular formula is C13H15FN4. The number of nitrogens with two attached hydrogens (primary N) is 1. The van der Waals surface area contributed by atoms with Crippen molar-refractivity contribution in [2.24, 2.45) is 5.73 Å². The number of aromatic nitrogens is 2. The van der Waals surface area contributed by atoms with Gasteiger partial charge >= 0.3 is 0 Å². The highest BCUT2D eigenvalue weighted by Crippen LogP contribution is 2.21. The van der Waals surface area contributed by atoms with Crippen LogP contribution in [0.25, 0.3) is 11.3 Å². The normalized spacial score (nSPS) is 10.4. The van der Waals surface area contributed by atoms with Crippen molar-refractivity contribution in [2.75, 3.05) is 25.0 Å². The Labute approximate surface area is 105 Å². The molecule has 0 saturated carbocycles. The van der Waals surface area contributed by atoms with Gasteiger partial charge in [-0.1, -0.05) is 12.1 Å². The number of halogens is 1. The molecule has 0 spiro atoms. The van der Waals surface area contributed by atoms with E-state index in [0.717, 1.165) is 0 Å². The average molecular weight is 246 g/mol. The Bertz CT molecular complexity index is 530. The Balaban J connectivity index is 2.36. The van der Waals surface area contributed by atoms with Crippen molar-refractivity contribution in [2.45, 2.75) is 0 Å². The quantitative estimate of drug-likeness (QED) is 0.891. The molecule has 0 unspecified atom stereocenters. The summed E-state index contributed by atoms with van der Waals surface area (Å²) < 4.78 is 13.7. The molecule has 1 aromatic carbocycles. The third kappa shape index (κ3) is 2.62. The fraction of sp³-hybridized carbons (Fsp3) is 0.231. The molecule has 0 fully saturated rings. The van der Waals surface area contributed by atoms with Crippen molar-refractivity contribution in [3.05, 3.63) is 42.3 Å². The fourth-order valence-electron chi connectivity index (χ4n) is 1.64. The highest BCUT2D eigenvalue weighted by atomic mass is 19.1. The topological polar surface area (TPSA) is 55.0 Å². The Morgan fingerprint density at radius 1 is 1.28 bits per heavy atom. The van der Waals surface area contributed by atoms with Crippen LogP contribution in [0.4, 0.5) is 10.3 Å². The van der Waals surface area contributed by atoms with Crippen LogP contribution in [0.5, 0.6) is 0 Å². The first kappa shape index (κ1) is 12.4. The number of hydrogen-bond acceptors (Lipinski definition) is 4. The molecule has 1 heterocycles. The molecular weight excluding hydrogens is 231 g/mol. The maximum absolute atomic E-state index is 13.7. The number of rotatable bonds is 4. The van der Waals surface area contributed by atoms with E-state index in [4.69, 9.17) is 5.73 Å². The second-order valence-corrected chi connectivity index (χ2v) is 3.93.